The Hall–Kier alpha value is -2.21. The summed E-state index contributed by atoms with van der Waals surface area (Å²) in [5.74, 6) is 0.137. The molecule has 1 aromatic carbocycles. The van der Waals surface area contributed by atoms with E-state index in [0.717, 1.165) is 30.4 Å². The van der Waals surface area contributed by atoms with Gasteiger partial charge in [-0.15, -0.1) is 0 Å². The topological polar surface area (TPSA) is 82.1 Å². The molecule has 6 heteroatoms. The number of β-amino-alcohol motifs (C(OH)–C–C–N with tert-alkyl or cyclic N) is 1. The van der Waals surface area contributed by atoms with E-state index in [1.165, 1.54) is 0 Å². The van der Waals surface area contributed by atoms with Gasteiger partial charge in [-0.1, -0.05) is 24.3 Å². The maximum absolute atomic E-state index is 13.3. The largest absolute Gasteiger partial charge is 0.382 e. The van der Waals surface area contributed by atoms with Crippen molar-refractivity contribution in [3.63, 3.8) is 0 Å². The Morgan fingerprint density at radius 2 is 2.08 bits per heavy atom. The Bertz CT molecular complexity index is 754. The Balaban J connectivity index is 1.60. The fraction of sp³-hybridized carbons (Fsp3) is 0.500. The minimum atomic E-state index is -1.11. The number of benzene rings is 1. The van der Waals surface area contributed by atoms with Gasteiger partial charge in [0.1, 0.15) is 11.3 Å². The average molecular weight is 326 g/mol. The molecule has 24 heavy (non-hydrogen) atoms. The predicted octanol–water partition coefficient (Wildman–Crippen LogP) is 1.65. The number of H-pyrrole nitrogens is 1. The number of nitrogens with one attached hydrogen (secondary N) is 1. The van der Waals surface area contributed by atoms with Crippen molar-refractivity contribution in [2.24, 2.45) is 0 Å². The van der Waals surface area contributed by atoms with Crippen LogP contribution in [0.4, 0.5) is 0 Å². The van der Waals surface area contributed by atoms with E-state index in [1.54, 1.807) is 6.20 Å². The van der Waals surface area contributed by atoms with E-state index < -0.39 is 11.0 Å². The van der Waals surface area contributed by atoms with E-state index in [9.17, 15) is 9.90 Å². The molecule has 1 aliphatic heterocycles. The molecule has 4 rings (SSSR count). The van der Waals surface area contributed by atoms with Gasteiger partial charge in [0.25, 0.3) is 0 Å². The molecular formula is C18H22N4O2. The van der Waals surface area contributed by atoms with Gasteiger partial charge < -0.3 is 10.0 Å². The third-order valence-electron chi connectivity index (χ3n) is 5.47. The summed E-state index contributed by atoms with van der Waals surface area (Å²) in [6, 6.07) is 8.12. The molecule has 1 aromatic heterocycles. The van der Waals surface area contributed by atoms with Gasteiger partial charge in [0.2, 0.25) is 5.91 Å². The number of rotatable bonds is 3. The summed E-state index contributed by atoms with van der Waals surface area (Å²) in [6.45, 7) is 3.03. The van der Waals surface area contributed by atoms with Crippen LogP contribution < -0.4 is 0 Å². The lowest BCUT2D eigenvalue weighted by Crippen LogP contribution is -2.51. The molecule has 1 saturated heterocycles. The third kappa shape index (κ3) is 2.33. The molecule has 1 saturated carbocycles. The first-order valence-corrected chi connectivity index (χ1v) is 8.49. The normalized spacial score (nSPS) is 25.5. The molecule has 2 fully saturated rings. The molecule has 1 unspecified atom stereocenters. The van der Waals surface area contributed by atoms with E-state index in [1.807, 2.05) is 17.0 Å². The van der Waals surface area contributed by atoms with Gasteiger partial charge in [0, 0.05) is 6.54 Å². The van der Waals surface area contributed by atoms with Gasteiger partial charge >= 0.3 is 0 Å². The second-order valence-electron chi connectivity index (χ2n) is 7.11. The number of likely N-dealkylation sites (tertiary alicyclic amines) is 1. The van der Waals surface area contributed by atoms with Crippen molar-refractivity contribution in [2.45, 2.75) is 43.6 Å². The van der Waals surface area contributed by atoms with Crippen molar-refractivity contribution in [1.82, 2.24) is 20.3 Å². The Morgan fingerprint density at radius 3 is 2.75 bits per heavy atom. The zero-order chi connectivity index (χ0) is 16.8. The van der Waals surface area contributed by atoms with E-state index in [-0.39, 0.29) is 12.5 Å². The summed E-state index contributed by atoms with van der Waals surface area (Å²) in [5, 5.41) is 21.3. The minimum Gasteiger partial charge on any atom is -0.382 e. The molecule has 0 radical (unpaired) electrons. The number of aromatic amines is 1. The lowest BCUT2D eigenvalue weighted by molar-refractivity contribution is -0.141. The van der Waals surface area contributed by atoms with Crippen molar-refractivity contribution in [2.75, 3.05) is 13.1 Å². The van der Waals surface area contributed by atoms with Crippen LogP contribution in [0.25, 0.3) is 0 Å². The summed E-state index contributed by atoms with van der Waals surface area (Å²) >= 11 is 0. The first-order valence-electron chi connectivity index (χ1n) is 8.49. The summed E-state index contributed by atoms with van der Waals surface area (Å²) in [5.41, 5.74) is 1.30. The molecule has 0 bridgehead atoms. The average Bonchev–Trinajstić information content (AvgIpc) is 3.18. The second-order valence-corrected chi connectivity index (χ2v) is 7.11. The minimum absolute atomic E-state index is 0.137. The standard InChI is InChI=1S/C18H22N4O2/c1-13-5-2-3-6-14(13)17(8-9-17)16(23)22-10-4-7-18(24,12-22)15-11-19-21-20-15/h2-3,5-6,11,24H,4,7-10,12H2,1H3,(H,19,20,21). The van der Waals surface area contributed by atoms with Crippen LogP contribution in [0.15, 0.2) is 30.5 Å². The Morgan fingerprint density at radius 1 is 1.29 bits per heavy atom. The summed E-state index contributed by atoms with van der Waals surface area (Å²) < 4.78 is 0. The highest BCUT2D eigenvalue weighted by molar-refractivity contribution is 5.92. The number of aryl methyl sites for hydroxylation is 1. The number of carbonyl (C=O) groups is 1. The van der Waals surface area contributed by atoms with E-state index in [0.29, 0.717) is 18.7 Å². The van der Waals surface area contributed by atoms with Crippen LogP contribution in [-0.2, 0) is 15.8 Å². The van der Waals surface area contributed by atoms with Crippen LogP contribution in [0, 0.1) is 6.92 Å². The van der Waals surface area contributed by atoms with Gasteiger partial charge in [-0.3, -0.25) is 4.79 Å². The highest BCUT2D eigenvalue weighted by Gasteiger charge is 2.55. The lowest BCUT2D eigenvalue weighted by atomic mass is 9.86. The molecule has 126 valence electrons. The third-order valence-corrected chi connectivity index (χ3v) is 5.47. The van der Waals surface area contributed by atoms with Crippen molar-refractivity contribution in [3.05, 3.63) is 47.3 Å². The lowest BCUT2D eigenvalue weighted by Gasteiger charge is -2.39. The first kappa shape index (κ1) is 15.3. The van der Waals surface area contributed by atoms with Gasteiger partial charge in [0.15, 0.2) is 0 Å². The first-order chi connectivity index (χ1) is 11.6. The molecule has 2 heterocycles. The molecular weight excluding hydrogens is 304 g/mol. The molecule has 2 aromatic rings. The highest BCUT2D eigenvalue weighted by Crippen LogP contribution is 2.51. The Labute approximate surface area is 140 Å². The molecule has 2 N–H and O–H groups in total. The number of aromatic nitrogens is 3. The van der Waals surface area contributed by atoms with E-state index >= 15 is 0 Å². The highest BCUT2D eigenvalue weighted by atomic mass is 16.3. The number of piperidine rings is 1. The fourth-order valence-electron chi connectivity index (χ4n) is 3.98. The van der Waals surface area contributed by atoms with E-state index in [2.05, 4.69) is 34.5 Å². The van der Waals surface area contributed by atoms with Gasteiger partial charge in [-0.2, -0.15) is 15.4 Å². The number of amides is 1. The molecule has 2 aliphatic rings. The number of carbonyl (C=O) groups excluding carboxylic acids is 1. The summed E-state index contributed by atoms with van der Waals surface area (Å²) in [4.78, 5) is 15.1. The fourth-order valence-corrected chi connectivity index (χ4v) is 3.98. The van der Waals surface area contributed by atoms with Gasteiger partial charge in [-0.05, 0) is 43.7 Å². The number of hydrogen-bond donors (Lipinski definition) is 2. The quantitative estimate of drug-likeness (QED) is 0.898. The molecule has 1 aliphatic carbocycles. The monoisotopic (exact) mass is 326 g/mol. The van der Waals surface area contributed by atoms with Crippen LogP contribution in [-0.4, -0.2) is 44.4 Å². The van der Waals surface area contributed by atoms with E-state index in [4.69, 9.17) is 0 Å². The molecule has 6 nitrogen and oxygen atoms in total. The van der Waals surface area contributed by atoms with Crippen LogP contribution in [0.1, 0.15) is 42.5 Å². The van der Waals surface area contributed by atoms with Crippen LogP contribution >= 0.6 is 0 Å². The maximum Gasteiger partial charge on any atom is 0.233 e. The van der Waals surface area contributed by atoms with Gasteiger partial charge in [-0.25, -0.2) is 0 Å². The summed E-state index contributed by atoms with van der Waals surface area (Å²) in [7, 11) is 0. The van der Waals surface area contributed by atoms with Crippen LogP contribution in [0.5, 0.6) is 0 Å². The summed E-state index contributed by atoms with van der Waals surface area (Å²) in [6.07, 6.45) is 4.67. The molecule has 1 amide bonds. The van der Waals surface area contributed by atoms with Crippen LogP contribution in [0.3, 0.4) is 0 Å². The van der Waals surface area contributed by atoms with Crippen molar-refractivity contribution < 1.29 is 9.90 Å². The van der Waals surface area contributed by atoms with Gasteiger partial charge in [0.05, 0.1) is 18.2 Å². The SMILES string of the molecule is Cc1ccccc1C1(C(=O)N2CCCC(O)(c3cn[nH]n3)C2)CC1. The van der Waals surface area contributed by atoms with Crippen molar-refractivity contribution >= 4 is 5.91 Å². The Kier molecular flexibility index (Phi) is 3.46. The predicted molar refractivity (Wildman–Crippen MR) is 88.2 cm³/mol. The van der Waals surface area contributed by atoms with Crippen molar-refractivity contribution in [3.8, 4) is 0 Å². The molecule has 1 atom stereocenters. The zero-order valence-electron chi connectivity index (χ0n) is 13.8. The second kappa shape index (κ2) is 5.41. The molecule has 0 spiro atoms. The number of hydrogen-bond acceptors (Lipinski definition) is 4. The van der Waals surface area contributed by atoms with Crippen molar-refractivity contribution in [1.29, 1.82) is 0 Å². The van der Waals surface area contributed by atoms with Crippen LogP contribution in [0.2, 0.25) is 0 Å². The number of nitrogens with zero attached hydrogens (tertiary/aromatic N) is 3. The smallest absolute Gasteiger partial charge is 0.233 e. The zero-order valence-corrected chi connectivity index (χ0v) is 13.8. The number of aliphatic hydroxyl groups is 1. The maximum atomic E-state index is 13.3.